The van der Waals surface area contributed by atoms with E-state index >= 15 is 4.39 Å². The SMILES string of the molecule is O=C(O)c1cn(C2CC2)c2cc(N3CC4=C(c5cccnc5)NOC4C3)c(F)cc2c1=O. The van der Waals surface area contributed by atoms with Crippen LogP contribution < -0.4 is 15.8 Å². The largest absolute Gasteiger partial charge is 0.477 e. The van der Waals surface area contributed by atoms with E-state index in [1.807, 2.05) is 17.0 Å². The molecule has 0 spiro atoms. The van der Waals surface area contributed by atoms with Crippen molar-refractivity contribution in [3.63, 3.8) is 0 Å². The van der Waals surface area contributed by atoms with Gasteiger partial charge in [0.1, 0.15) is 17.5 Å². The highest BCUT2D eigenvalue weighted by Crippen LogP contribution is 2.39. The van der Waals surface area contributed by atoms with Gasteiger partial charge in [-0.2, -0.15) is 0 Å². The Kier molecular flexibility index (Phi) is 4.09. The van der Waals surface area contributed by atoms with E-state index in [1.54, 1.807) is 23.0 Å². The number of hydrogen-bond donors (Lipinski definition) is 2. The Bertz CT molecular complexity index is 1360. The second kappa shape index (κ2) is 6.89. The highest BCUT2D eigenvalue weighted by molar-refractivity contribution is 5.93. The molecule has 2 N–H and O–H groups in total. The molecule has 2 fully saturated rings. The Morgan fingerprint density at radius 1 is 1.31 bits per heavy atom. The number of rotatable bonds is 4. The van der Waals surface area contributed by atoms with Crippen LogP contribution in [-0.4, -0.2) is 39.8 Å². The summed E-state index contributed by atoms with van der Waals surface area (Å²) in [5.74, 6) is -1.86. The molecule has 1 saturated heterocycles. The molecule has 3 aliphatic rings. The van der Waals surface area contributed by atoms with Crippen molar-refractivity contribution in [3.8, 4) is 0 Å². The van der Waals surface area contributed by atoms with Crippen LogP contribution in [0.3, 0.4) is 0 Å². The Labute approximate surface area is 181 Å². The molecule has 1 aromatic carbocycles. The third-order valence-corrected chi connectivity index (χ3v) is 6.32. The van der Waals surface area contributed by atoms with Crippen LogP contribution in [-0.2, 0) is 4.84 Å². The number of fused-ring (bicyclic) bond motifs is 2. The van der Waals surface area contributed by atoms with Gasteiger partial charge in [-0.05, 0) is 37.1 Å². The minimum atomic E-state index is -1.30. The van der Waals surface area contributed by atoms with Gasteiger partial charge in [0.25, 0.3) is 0 Å². The molecule has 0 amide bonds. The lowest BCUT2D eigenvalue weighted by atomic mass is 10.1. The number of aromatic carboxylic acids is 1. The summed E-state index contributed by atoms with van der Waals surface area (Å²) in [4.78, 5) is 36.0. The Morgan fingerprint density at radius 3 is 2.88 bits per heavy atom. The van der Waals surface area contributed by atoms with Crippen LogP contribution in [0.5, 0.6) is 0 Å². The zero-order valence-electron chi connectivity index (χ0n) is 16.9. The van der Waals surface area contributed by atoms with Gasteiger partial charge in [0.2, 0.25) is 5.43 Å². The molecule has 1 unspecified atom stereocenters. The van der Waals surface area contributed by atoms with E-state index in [2.05, 4.69) is 10.5 Å². The summed E-state index contributed by atoms with van der Waals surface area (Å²) in [6.07, 6.45) is 6.41. The van der Waals surface area contributed by atoms with Gasteiger partial charge in [-0.15, -0.1) is 0 Å². The first-order chi connectivity index (χ1) is 15.5. The maximum Gasteiger partial charge on any atom is 0.341 e. The molecule has 0 bridgehead atoms. The van der Waals surface area contributed by atoms with Gasteiger partial charge in [0.05, 0.1) is 23.4 Å². The molecule has 9 heteroatoms. The molecule has 1 atom stereocenters. The van der Waals surface area contributed by atoms with Gasteiger partial charge in [0.15, 0.2) is 0 Å². The predicted octanol–water partition coefficient (Wildman–Crippen LogP) is 2.70. The molecule has 162 valence electrons. The molecule has 0 radical (unpaired) electrons. The second-order valence-electron chi connectivity index (χ2n) is 8.37. The van der Waals surface area contributed by atoms with Crippen molar-refractivity contribution >= 4 is 28.3 Å². The van der Waals surface area contributed by atoms with Crippen molar-refractivity contribution in [1.82, 2.24) is 15.0 Å². The van der Waals surface area contributed by atoms with E-state index in [4.69, 9.17) is 4.84 Å². The van der Waals surface area contributed by atoms with Crippen LogP contribution in [0, 0.1) is 5.82 Å². The Balaban J connectivity index is 1.45. The van der Waals surface area contributed by atoms with Crippen molar-refractivity contribution in [2.45, 2.75) is 25.0 Å². The summed E-state index contributed by atoms with van der Waals surface area (Å²) in [7, 11) is 0. The van der Waals surface area contributed by atoms with Gasteiger partial charge in [0, 0.05) is 47.7 Å². The van der Waals surface area contributed by atoms with Gasteiger partial charge < -0.3 is 14.6 Å². The zero-order chi connectivity index (χ0) is 22.0. The van der Waals surface area contributed by atoms with Crippen LogP contribution in [0.1, 0.15) is 34.8 Å². The van der Waals surface area contributed by atoms with Crippen LogP contribution in [0.25, 0.3) is 16.6 Å². The molecule has 32 heavy (non-hydrogen) atoms. The lowest BCUT2D eigenvalue weighted by Crippen LogP contribution is -2.26. The third kappa shape index (κ3) is 2.89. The number of hydrogen-bond acceptors (Lipinski definition) is 6. The molecule has 3 aromatic rings. The molecule has 2 aliphatic heterocycles. The maximum absolute atomic E-state index is 15.2. The Morgan fingerprint density at radius 2 is 2.16 bits per heavy atom. The summed E-state index contributed by atoms with van der Waals surface area (Å²) in [5.41, 5.74) is 5.64. The summed E-state index contributed by atoms with van der Waals surface area (Å²) in [5, 5.41) is 9.50. The quantitative estimate of drug-likeness (QED) is 0.652. The van der Waals surface area contributed by atoms with Gasteiger partial charge in [-0.25, -0.2) is 9.18 Å². The standard InChI is InChI=1S/C23H19FN4O4/c24-17-6-14-18(28(13-3-4-13)10-16(22(14)29)23(30)31)7-19(17)27-9-15-20(11-27)32-26-21(15)12-2-1-5-25-8-12/h1-2,5-8,10,13,20,26H,3-4,9,11H2,(H,30,31). The third-order valence-electron chi connectivity index (χ3n) is 6.32. The van der Waals surface area contributed by atoms with Crippen molar-refractivity contribution in [2.24, 2.45) is 0 Å². The minimum Gasteiger partial charge on any atom is -0.477 e. The molecule has 2 aromatic heterocycles. The van der Waals surface area contributed by atoms with E-state index in [9.17, 15) is 14.7 Å². The zero-order valence-corrected chi connectivity index (χ0v) is 16.9. The van der Waals surface area contributed by atoms with Gasteiger partial charge in [-0.1, -0.05) is 0 Å². The van der Waals surface area contributed by atoms with Crippen LogP contribution in [0.4, 0.5) is 10.1 Å². The monoisotopic (exact) mass is 434 g/mol. The summed E-state index contributed by atoms with van der Waals surface area (Å²) >= 11 is 0. The van der Waals surface area contributed by atoms with E-state index in [0.717, 1.165) is 29.7 Å². The number of halogens is 1. The minimum absolute atomic E-state index is 0.0885. The topological polar surface area (TPSA) is 96.7 Å². The maximum atomic E-state index is 15.2. The number of hydroxylamine groups is 1. The highest BCUT2D eigenvalue weighted by Gasteiger charge is 2.37. The summed E-state index contributed by atoms with van der Waals surface area (Å²) in [6, 6.07) is 6.73. The molecule has 6 rings (SSSR count). The average molecular weight is 434 g/mol. The summed E-state index contributed by atoms with van der Waals surface area (Å²) in [6.45, 7) is 0.917. The van der Waals surface area contributed by atoms with Crippen LogP contribution >= 0.6 is 0 Å². The molecular weight excluding hydrogens is 415 g/mol. The fourth-order valence-corrected chi connectivity index (χ4v) is 4.57. The number of nitrogens with one attached hydrogen (secondary N) is 1. The number of aromatic nitrogens is 2. The van der Waals surface area contributed by atoms with E-state index in [1.165, 1.54) is 12.3 Å². The fourth-order valence-electron chi connectivity index (χ4n) is 4.57. The van der Waals surface area contributed by atoms with E-state index in [0.29, 0.717) is 24.3 Å². The number of anilines is 1. The van der Waals surface area contributed by atoms with Crippen LogP contribution in [0.2, 0.25) is 0 Å². The molecule has 1 saturated carbocycles. The first-order valence-corrected chi connectivity index (χ1v) is 10.4. The highest BCUT2D eigenvalue weighted by atomic mass is 19.1. The number of nitrogens with zero attached hydrogens (tertiary/aromatic N) is 3. The average Bonchev–Trinajstić information content (AvgIpc) is 3.42. The normalized spacial score (nSPS) is 20.0. The summed E-state index contributed by atoms with van der Waals surface area (Å²) < 4.78 is 17.0. The predicted molar refractivity (Wildman–Crippen MR) is 115 cm³/mol. The van der Waals surface area contributed by atoms with E-state index < -0.39 is 17.2 Å². The van der Waals surface area contributed by atoms with Gasteiger partial charge in [-0.3, -0.25) is 20.1 Å². The lowest BCUT2D eigenvalue weighted by Gasteiger charge is -2.21. The van der Waals surface area contributed by atoms with Gasteiger partial charge >= 0.3 is 5.97 Å². The number of carbonyl (C=O) groups is 1. The molecular formula is C23H19FN4O4. The number of carboxylic acids is 1. The molecule has 8 nitrogen and oxygen atoms in total. The van der Waals surface area contributed by atoms with Crippen molar-refractivity contribution in [3.05, 3.63) is 75.6 Å². The second-order valence-corrected chi connectivity index (χ2v) is 8.37. The molecule has 1 aliphatic carbocycles. The Hall–Kier alpha value is -3.72. The fraction of sp³-hybridized carbons (Fsp3) is 0.261. The molecule has 4 heterocycles. The van der Waals surface area contributed by atoms with E-state index in [-0.39, 0.29) is 23.1 Å². The smallest absolute Gasteiger partial charge is 0.341 e. The number of carboxylic acid groups (broad SMARTS) is 1. The number of pyridine rings is 2. The first-order valence-electron chi connectivity index (χ1n) is 10.4. The van der Waals surface area contributed by atoms with Crippen LogP contribution in [0.15, 0.2) is 53.2 Å². The number of benzene rings is 1. The van der Waals surface area contributed by atoms with Crippen molar-refractivity contribution in [2.75, 3.05) is 18.0 Å². The lowest BCUT2D eigenvalue weighted by molar-refractivity contribution is 0.0578. The van der Waals surface area contributed by atoms with Crippen molar-refractivity contribution < 1.29 is 19.1 Å². The first kappa shape index (κ1) is 19.0. The van der Waals surface area contributed by atoms with Crippen molar-refractivity contribution in [1.29, 1.82) is 0 Å².